The predicted molar refractivity (Wildman–Crippen MR) is 98.0 cm³/mol. The molecule has 8 nitrogen and oxygen atoms in total. The van der Waals surface area contributed by atoms with E-state index in [0.717, 1.165) is 18.6 Å². The Morgan fingerprint density at radius 1 is 1.04 bits per heavy atom. The summed E-state index contributed by atoms with van der Waals surface area (Å²) in [5.74, 6) is 2.81. The normalized spacial score (nSPS) is 20.7. The van der Waals surface area contributed by atoms with Crippen LogP contribution >= 0.6 is 0 Å². The summed E-state index contributed by atoms with van der Waals surface area (Å²) in [6.07, 6.45) is 2.30. The molecule has 2 aromatic rings. The van der Waals surface area contributed by atoms with Gasteiger partial charge in [-0.2, -0.15) is 4.31 Å². The highest BCUT2D eigenvalue weighted by molar-refractivity contribution is 7.89. The van der Waals surface area contributed by atoms with E-state index in [1.54, 1.807) is 12.1 Å². The Hall–Kier alpha value is -2.10. The first-order valence-electron chi connectivity index (χ1n) is 9.57. The Bertz CT molecular complexity index is 980. The topological polar surface area (TPSA) is 91.1 Å². The minimum absolute atomic E-state index is 0.202. The lowest BCUT2D eigenvalue weighted by Crippen LogP contribution is -2.35. The molecule has 0 radical (unpaired) electrons. The fraction of sp³-hybridized carbons (Fsp3) is 0.526. The van der Waals surface area contributed by atoms with Gasteiger partial charge in [0, 0.05) is 38.2 Å². The highest BCUT2D eigenvalue weighted by atomic mass is 32.2. The number of hydrogen-bond donors (Lipinski definition) is 0. The van der Waals surface area contributed by atoms with E-state index in [9.17, 15) is 8.42 Å². The summed E-state index contributed by atoms with van der Waals surface area (Å²) in [7, 11) is -3.66. The maximum absolute atomic E-state index is 13.1. The quantitative estimate of drug-likeness (QED) is 0.771. The molecule has 1 fully saturated rings. The molecule has 3 aliphatic heterocycles. The van der Waals surface area contributed by atoms with E-state index < -0.39 is 10.0 Å². The number of sulfonamides is 1. The zero-order chi connectivity index (χ0) is 19.1. The largest absolute Gasteiger partial charge is 0.486 e. The lowest BCUT2D eigenvalue weighted by molar-refractivity contribution is 0.0791. The number of oxazole rings is 1. The molecule has 0 bridgehead atoms. The van der Waals surface area contributed by atoms with Crippen LogP contribution in [-0.4, -0.2) is 50.7 Å². The van der Waals surface area contributed by atoms with Crippen LogP contribution in [0.3, 0.4) is 0 Å². The monoisotopic (exact) mass is 406 g/mol. The number of rotatable bonds is 3. The summed E-state index contributed by atoms with van der Waals surface area (Å²) in [6.45, 7) is 2.89. The minimum Gasteiger partial charge on any atom is -0.486 e. The fourth-order valence-electron chi connectivity index (χ4n) is 3.85. The van der Waals surface area contributed by atoms with Crippen molar-refractivity contribution >= 4 is 10.0 Å². The molecular formula is C19H22N2O6S. The van der Waals surface area contributed by atoms with E-state index in [1.165, 1.54) is 10.4 Å². The summed E-state index contributed by atoms with van der Waals surface area (Å²) in [4.78, 5) is 4.83. The maximum atomic E-state index is 13.1. The number of benzene rings is 1. The molecule has 0 amide bonds. The molecule has 0 saturated carbocycles. The van der Waals surface area contributed by atoms with Gasteiger partial charge < -0.3 is 18.6 Å². The van der Waals surface area contributed by atoms with E-state index in [-0.39, 0.29) is 17.4 Å². The third-order valence-corrected chi connectivity index (χ3v) is 7.27. The van der Waals surface area contributed by atoms with Crippen LogP contribution in [0.15, 0.2) is 27.5 Å². The van der Waals surface area contributed by atoms with Gasteiger partial charge in [-0.15, -0.1) is 0 Å². The van der Waals surface area contributed by atoms with Crippen molar-refractivity contribution in [1.82, 2.24) is 9.29 Å². The van der Waals surface area contributed by atoms with Crippen LogP contribution in [0.2, 0.25) is 0 Å². The van der Waals surface area contributed by atoms with Crippen LogP contribution < -0.4 is 9.47 Å². The minimum atomic E-state index is -3.66. The summed E-state index contributed by atoms with van der Waals surface area (Å²) < 4.78 is 50.1. The average molecular weight is 406 g/mol. The third kappa shape index (κ3) is 3.17. The molecule has 150 valence electrons. The maximum Gasteiger partial charge on any atom is 0.243 e. The molecule has 1 aromatic heterocycles. The fourth-order valence-corrected chi connectivity index (χ4v) is 5.27. The SMILES string of the molecule is O=S(=O)(c1ccc2c(c1)OCCO2)N1CCc2oc(C3CCOCC3)nc2C1. The zero-order valence-electron chi connectivity index (χ0n) is 15.4. The number of ether oxygens (including phenoxy) is 3. The van der Waals surface area contributed by atoms with Gasteiger partial charge in [0.15, 0.2) is 17.4 Å². The molecule has 3 aliphatic rings. The van der Waals surface area contributed by atoms with Crippen LogP contribution in [0.5, 0.6) is 11.5 Å². The summed E-state index contributed by atoms with van der Waals surface area (Å²) in [6, 6.07) is 4.75. The molecule has 28 heavy (non-hydrogen) atoms. The van der Waals surface area contributed by atoms with Crippen LogP contribution in [-0.2, 0) is 27.7 Å². The standard InChI is InChI=1S/C19H22N2O6S/c22-28(23,14-1-2-17-18(11-14)26-10-9-25-17)21-6-3-16-15(12-21)20-19(27-16)13-4-7-24-8-5-13/h1-2,11,13H,3-10,12H2. The highest BCUT2D eigenvalue weighted by Gasteiger charge is 2.33. The van der Waals surface area contributed by atoms with Gasteiger partial charge in [-0.3, -0.25) is 0 Å². The van der Waals surface area contributed by atoms with Crippen LogP contribution in [0.25, 0.3) is 0 Å². The van der Waals surface area contributed by atoms with Crippen molar-refractivity contribution in [2.75, 3.05) is 33.0 Å². The predicted octanol–water partition coefficient (Wildman–Crippen LogP) is 2.09. The highest BCUT2D eigenvalue weighted by Crippen LogP contribution is 2.35. The smallest absolute Gasteiger partial charge is 0.243 e. The molecule has 9 heteroatoms. The lowest BCUT2D eigenvalue weighted by Gasteiger charge is -2.25. The molecule has 1 saturated heterocycles. The van der Waals surface area contributed by atoms with Gasteiger partial charge >= 0.3 is 0 Å². The Labute approximate surface area is 163 Å². The van der Waals surface area contributed by atoms with Crippen molar-refractivity contribution in [3.05, 3.63) is 35.5 Å². The third-order valence-electron chi connectivity index (χ3n) is 5.43. The second kappa shape index (κ2) is 7.06. The molecule has 5 rings (SSSR count). The zero-order valence-corrected chi connectivity index (χ0v) is 16.2. The Kier molecular flexibility index (Phi) is 4.53. The van der Waals surface area contributed by atoms with Crippen LogP contribution in [0.1, 0.15) is 36.1 Å². The molecule has 0 aliphatic carbocycles. The van der Waals surface area contributed by atoms with Gasteiger partial charge in [0.1, 0.15) is 19.0 Å². The first-order valence-corrected chi connectivity index (χ1v) is 11.0. The van der Waals surface area contributed by atoms with Crippen LogP contribution in [0, 0.1) is 0 Å². The van der Waals surface area contributed by atoms with Crippen molar-refractivity contribution in [2.24, 2.45) is 0 Å². The second-order valence-corrected chi connectivity index (χ2v) is 9.14. The second-order valence-electron chi connectivity index (χ2n) is 7.20. The molecule has 4 heterocycles. The van der Waals surface area contributed by atoms with E-state index >= 15 is 0 Å². The van der Waals surface area contributed by atoms with Crippen LogP contribution in [0.4, 0.5) is 0 Å². The molecule has 0 atom stereocenters. The number of nitrogens with zero attached hydrogens (tertiary/aromatic N) is 2. The molecule has 0 spiro atoms. The van der Waals surface area contributed by atoms with Crippen molar-refractivity contribution in [2.45, 2.75) is 36.6 Å². The lowest BCUT2D eigenvalue weighted by atomic mass is 10.0. The average Bonchev–Trinajstić information content (AvgIpc) is 3.17. The van der Waals surface area contributed by atoms with E-state index in [0.29, 0.717) is 62.5 Å². The number of hydrogen-bond acceptors (Lipinski definition) is 7. The first kappa shape index (κ1) is 18.0. The summed E-state index contributed by atoms with van der Waals surface area (Å²) in [5, 5.41) is 0. The van der Waals surface area contributed by atoms with Gasteiger partial charge in [-0.1, -0.05) is 0 Å². The Balaban J connectivity index is 1.38. The van der Waals surface area contributed by atoms with Gasteiger partial charge in [-0.25, -0.2) is 13.4 Å². The number of aromatic nitrogens is 1. The first-order chi connectivity index (χ1) is 13.6. The molecule has 0 N–H and O–H groups in total. The van der Waals surface area contributed by atoms with Gasteiger partial charge in [-0.05, 0) is 25.0 Å². The molecule has 0 unspecified atom stereocenters. The van der Waals surface area contributed by atoms with Crippen molar-refractivity contribution in [1.29, 1.82) is 0 Å². The van der Waals surface area contributed by atoms with E-state index in [2.05, 4.69) is 4.98 Å². The van der Waals surface area contributed by atoms with Gasteiger partial charge in [0.25, 0.3) is 0 Å². The Morgan fingerprint density at radius 3 is 2.64 bits per heavy atom. The molecule has 1 aromatic carbocycles. The van der Waals surface area contributed by atoms with Crippen molar-refractivity contribution in [3.8, 4) is 11.5 Å². The van der Waals surface area contributed by atoms with Crippen molar-refractivity contribution < 1.29 is 27.0 Å². The van der Waals surface area contributed by atoms with E-state index in [4.69, 9.17) is 18.6 Å². The number of fused-ring (bicyclic) bond motifs is 2. The Morgan fingerprint density at radius 2 is 1.82 bits per heavy atom. The molecular weight excluding hydrogens is 384 g/mol. The van der Waals surface area contributed by atoms with Gasteiger partial charge in [0.2, 0.25) is 10.0 Å². The summed E-state index contributed by atoms with van der Waals surface area (Å²) in [5.41, 5.74) is 0.717. The van der Waals surface area contributed by atoms with Crippen molar-refractivity contribution in [3.63, 3.8) is 0 Å². The van der Waals surface area contributed by atoms with E-state index in [1.807, 2.05) is 0 Å². The van der Waals surface area contributed by atoms with Gasteiger partial charge in [0.05, 0.1) is 17.1 Å². The summed E-state index contributed by atoms with van der Waals surface area (Å²) >= 11 is 0.